The highest BCUT2D eigenvalue weighted by molar-refractivity contribution is 6.10. The molecule has 1 aliphatic rings. The van der Waals surface area contributed by atoms with Crippen molar-refractivity contribution in [1.29, 1.82) is 0 Å². The number of nitrogens with two attached hydrogens (primary N) is 2. The van der Waals surface area contributed by atoms with Crippen LogP contribution >= 0.6 is 0 Å². The lowest BCUT2D eigenvalue weighted by Crippen LogP contribution is -2.35. The molecule has 0 fully saturated rings. The van der Waals surface area contributed by atoms with E-state index in [-0.39, 0.29) is 5.91 Å². The van der Waals surface area contributed by atoms with Crippen LogP contribution in [0.3, 0.4) is 0 Å². The number of nitrogen functional groups attached to an aromatic ring is 2. The van der Waals surface area contributed by atoms with E-state index in [1.165, 1.54) is 11.1 Å². The third kappa shape index (κ3) is 2.44. The zero-order chi connectivity index (χ0) is 15.0. The summed E-state index contributed by atoms with van der Waals surface area (Å²) in [5, 5.41) is 0. The van der Waals surface area contributed by atoms with Crippen molar-refractivity contribution in [2.75, 3.05) is 22.9 Å². The van der Waals surface area contributed by atoms with Crippen LogP contribution in [-0.4, -0.2) is 12.5 Å². The summed E-state index contributed by atoms with van der Waals surface area (Å²) in [6.07, 6.45) is 1.98. The van der Waals surface area contributed by atoms with Crippen LogP contribution in [-0.2, 0) is 6.42 Å². The first-order valence-electron chi connectivity index (χ1n) is 7.12. The van der Waals surface area contributed by atoms with E-state index in [0.29, 0.717) is 16.9 Å². The number of amides is 1. The van der Waals surface area contributed by atoms with E-state index in [1.807, 2.05) is 17.0 Å². The maximum Gasteiger partial charge on any atom is 0.260 e. The summed E-state index contributed by atoms with van der Waals surface area (Å²) in [7, 11) is 0. The Balaban J connectivity index is 2.00. The van der Waals surface area contributed by atoms with Crippen molar-refractivity contribution < 1.29 is 4.79 Å². The van der Waals surface area contributed by atoms with Crippen LogP contribution in [0.25, 0.3) is 0 Å². The molecule has 0 radical (unpaired) electrons. The van der Waals surface area contributed by atoms with Gasteiger partial charge in [-0.15, -0.1) is 0 Å². The molecule has 4 N–H and O–H groups in total. The Labute approximate surface area is 124 Å². The monoisotopic (exact) mass is 281 g/mol. The minimum Gasteiger partial charge on any atom is -0.399 e. The van der Waals surface area contributed by atoms with Gasteiger partial charge in [-0.1, -0.05) is 17.7 Å². The van der Waals surface area contributed by atoms with Crippen LogP contribution in [0.5, 0.6) is 0 Å². The van der Waals surface area contributed by atoms with Crippen molar-refractivity contribution in [2.24, 2.45) is 0 Å². The Morgan fingerprint density at radius 1 is 1.14 bits per heavy atom. The van der Waals surface area contributed by atoms with Gasteiger partial charge in [-0.2, -0.15) is 0 Å². The first kappa shape index (κ1) is 13.5. The van der Waals surface area contributed by atoms with Gasteiger partial charge in [-0.05, 0) is 49.6 Å². The molecule has 0 unspecified atom stereocenters. The maximum absolute atomic E-state index is 12.8. The highest BCUT2D eigenvalue weighted by atomic mass is 16.2. The highest BCUT2D eigenvalue weighted by Crippen LogP contribution is 2.30. The Bertz CT molecular complexity index is 709. The number of rotatable bonds is 1. The minimum absolute atomic E-state index is 0.0581. The van der Waals surface area contributed by atoms with Gasteiger partial charge < -0.3 is 16.4 Å². The molecule has 1 heterocycles. The summed E-state index contributed by atoms with van der Waals surface area (Å²) in [5.41, 5.74) is 16.6. The topological polar surface area (TPSA) is 72.3 Å². The third-order valence-corrected chi connectivity index (χ3v) is 3.90. The van der Waals surface area contributed by atoms with Crippen LogP contribution in [0.1, 0.15) is 27.9 Å². The zero-order valence-corrected chi connectivity index (χ0v) is 12.1. The number of carbonyl (C=O) groups excluding carboxylic acids is 1. The molecule has 0 bridgehead atoms. The van der Waals surface area contributed by atoms with Gasteiger partial charge in [0.2, 0.25) is 0 Å². The van der Waals surface area contributed by atoms with Gasteiger partial charge in [0.05, 0.1) is 5.56 Å². The van der Waals surface area contributed by atoms with Gasteiger partial charge >= 0.3 is 0 Å². The predicted molar refractivity (Wildman–Crippen MR) is 86.4 cm³/mol. The van der Waals surface area contributed by atoms with Gasteiger partial charge in [0.1, 0.15) is 0 Å². The zero-order valence-electron chi connectivity index (χ0n) is 12.1. The fourth-order valence-corrected chi connectivity index (χ4v) is 2.86. The molecule has 0 aliphatic carbocycles. The van der Waals surface area contributed by atoms with E-state index in [4.69, 9.17) is 11.5 Å². The van der Waals surface area contributed by atoms with E-state index in [0.717, 1.165) is 25.1 Å². The van der Waals surface area contributed by atoms with Crippen LogP contribution < -0.4 is 16.4 Å². The molecule has 108 valence electrons. The molecule has 2 aromatic rings. The fraction of sp³-hybridized carbons (Fsp3) is 0.235. The second-order valence-electron chi connectivity index (χ2n) is 5.54. The number of aryl methyl sites for hydroxylation is 2. The van der Waals surface area contributed by atoms with E-state index < -0.39 is 0 Å². The third-order valence-electron chi connectivity index (χ3n) is 3.90. The number of hydrogen-bond acceptors (Lipinski definition) is 3. The first-order valence-corrected chi connectivity index (χ1v) is 7.12. The Morgan fingerprint density at radius 2 is 1.95 bits per heavy atom. The number of benzene rings is 2. The SMILES string of the molecule is Cc1ccc2c(c1)CCCN2C(=O)c1ccc(N)cc1N. The van der Waals surface area contributed by atoms with Crippen molar-refractivity contribution in [3.8, 4) is 0 Å². The van der Waals surface area contributed by atoms with Crippen LogP contribution in [0.2, 0.25) is 0 Å². The van der Waals surface area contributed by atoms with Crippen LogP contribution in [0, 0.1) is 6.92 Å². The standard InChI is InChI=1S/C17H19N3O/c1-11-4-7-16-12(9-11)3-2-8-20(16)17(21)14-6-5-13(18)10-15(14)19/h4-7,9-10H,2-3,8,18-19H2,1H3. The molecule has 3 rings (SSSR count). The molecular formula is C17H19N3O. The lowest BCUT2D eigenvalue weighted by atomic mass is 9.98. The number of nitrogens with zero attached hydrogens (tertiary/aromatic N) is 1. The Morgan fingerprint density at radius 3 is 2.71 bits per heavy atom. The Kier molecular flexibility index (Phi) is 3.29. The Hall–Kier alpha value is -2.49. The molecule has 21 heavy (non-hydrogen) atoms. The predicted octanol–water partition coefficient (Wildman–Crippen LogP) is 2.75. The lowest BCUT2D eigenvalue weighted by Gasteiger charge is -2.30. The smallest absolute Gasteiger partial charge is 0.260 e. The van der Waals surface area contributed by atoms with Gasteiger partial charge in [-0.25, -0.2) is 0 Å². The second-order valence-corrected chi connectivity index (χ2v) is 5.54. The molecule has 1 aliphatic heterocycles. The molecule has 1 amide bonds. The minimum atomic E-state index is -0.0581. The maximum atomic E-state index is 12.8. The quantitative estimate of drug-likeness (QED) is 0.789. The molecular weight excluding hydrogens is 262 g/mol. The highest BCUT2D eigenvalue weighted by Gasteiger charge is 2.24. The van der Waals surface area contributed by atoms with E-state index >= 15 is 0 Å². The molecule has 4 heteroatoms. The molecule has 0 atom stereocenters. The van der Waals surface area contributed by atoms with Crippen molar-refractivity contribution >= 4 is 23.0 Å². The van der Waals surface area contributed by atoms with Crippen molar-refractivity contribution in [1.82, 2.24) is 0 Å². The summed E-state index contributed by atoms with van der Waals surface area (Å²) >= 11 is 0. The van der Waals surface area contributed by atoms with Gasteiger partial charge in [0.15, 0.2) is 0 Å². The average Bonchev–Trinajstić information content (AvgIpc) is 2.45. The van der Waals surface area contributed by atoms with Crippen molar-refractivity contribution in [2.45, 2.75) is 19.8 Å². The van der Waals surface area contributed by atoms with E-state index in [1.54, 1.807) is 18.2 Å². The van der Waals surface area contributed by atoms with Crippen molar-refractivity contribution in [3.63, 3.8) is 0 Å². The number of hydrogen-bond donors (Lipinski definition) is 2. The molecule has 0 spiro atoms. The summed E-state index contributed by atoms with van der Waals surface area (Å²) in [6.45, 7) is 2.79. The second kappa shape index (κ2) is 5.13. The molecule has 0 aromatic heterocycles. The number of fused-ring (bicyclic) bond motifs is 1. The van der Waals surface area contributed by atoms with E-state index in [9.17, 15) is 4.79 Å². The number of anilines is 3. The molecule has 0 saturated heterocycles. The summed E-state index contributed by atoms with van der Waals surface area (Å²) in [5.74, 6) is -0.0581. The number of carbonyl (C=O) groups is 1. The first-order chi connectivity index (χ1) is 10.1. The van der Waals surface area contributed by atoms with Gasteiger partial charge in [0, 0.05) is 23.6 Å². The summed E-state index contributed by atoms with van der Waals surface area (Å²) in [4.78, 5) is 14.6. The van der Waals surface area contributed by atoms with Crippen LogP contribution in [0.15, 0.2) is 36.4 Å². The molecule has 0 saturated carbocycles. The summed E-state index contributed by atoms with van der Waals surface area (Å²) < 4.78 is 0. The fourth-order valence-electron chi connectivity index (χ4n) is 2.86. The largest absolute Gasteiger partial charge is 0.399 e. The van der Waals surface area contributed by atoms with Crippen LogP contribution in [0.4, 0.5) is 17.1 Å². The van der Waals surface area contributed by atoms with Crippen molar-refractivity contribution in [3.05, 3.63) is 53.1 Å². The average molecular weight is 281 g/mol. The molecule has 2 aromatic carbocycles. The lowest BCUT2D eigenvalue weighted by molar-refractivity contribution is 0.0986. The normalized spacial score (nSPS) is 13.9. The van der Waals surface area contributed by atoms with Gasteiger partial charge in [0.25, 0.3) is 5.91 Å². The van der Waals surface area contributed by atoms with Gasteiger partial charge in [-0.3, -0.25) is 4.79 Å². The summed E-state index contributed by atoms with van der Waals surface area (Å²) in [6, 6.07) is 11.3. The molecule has 4 nitrogen and oxygen atoms in total. The van der Waals surface area contributed by atoms with E-state index in [2.05, 4.69) is 13.0 Å².